The maximum atomic E-state index is 2.38. The van der Waals surface area contributed by atoms with Gasteiger partial charge in [0, 0.05) is 5.41 Å². The quantitative estimate of drug-likeness (QED) is 0.561. The van der Waals surface area contributed by atoms with Crippen LogP contribution in [-0.2, 0) is 11.8 Å². The fourth-order valence-electron chi connectivity index (χ4n) is 3.29. The van der Waals surface area contributed by atoms with E-state index in [2.05, 4.69) is 99.6 Å². The molecule has 0 aromatic heterocycles. The molecule has 0 saturated carbocycles. The van der Waals surface area contributed by atoms with Gasteiger partial charge in [-0.15, -0.1) is 0 Å². The van der Waals surface area contributed by atoms with Gasteiger partial charge < -0.3 is 0 Å². The lowest BCUT2D eigenvalue weighted by Crippen LogP contribution is -2.20. The van der Waals surface area contributed by atoms with Crippen LogP contribution >= 0.6 is 0 Å². The van der Waals surface area contributed by atoms with Gasteiger partial charge in [-0.05, 0) is 41.2 Å². The van der Waals surface area contributed by atoms with Gasteiger partial charge in [-0.1, -0.05) is 92.7 Å². The molecule has 116 valence electrons. The molecule has 23 heavy (non-hydrogen) atoms. The smallest absolute Gasteiger partial charge is 0.0149 e. The summed E-state index contributed by atoms with van der Waals surface area (Å²) in [6.07, 6.45) is 0.985. The van der Waals surface area contributed by atoms with Crippen molar-refractivity contribution in [2.75, 3.05) is 0 Å². The first-order chi connectivity index (χ1) is 11.1. The van der Waals surface area contributed by atoms with Crippen molar-refractivity contribution in [2.24, 2.45) is 0 Å². The molecule has 0 saturated heterocycles. The summed E-state index contributed by atoms with van der Waals surface area (Å²) in [7, 11) is 0. The fourth-order valence-corrected chi connectivity index (χ4v) is 3.29. The predicted octanol–water partition coefficient (Wildman–Crippen LogP) is 5.91. The van der Waals surface area contributed by atoms with Crippen molar-refractivity contribution in [3.05, 3.63) is 107 Å². The Morgan fingerprint density at radius 3 is 1.96 bits per heavy atom. The molecule has 0 bridgehead atoms. The molecule has 0 unspecified atom stereocenters. The van der Waals surface area contributed by atoms with Crippen LogP contribution in [0.15, 0.2) is 78.9 Å². The van der Waals surface area contributed by atoms with Gasteiger partial charge in [-0.2, -0.15) is 0 Å². The summed E-state index contributed by atoms with van der Waals surface area (Å²) in [4.78, 5) is 0. The first-order valence-electron chi connectivity index (χ1n) is 8.27. The Hall–Kier alpha value is -2.34. The Balaban J connectivity index is 1.98. The maximum Gasteiger partial charge on any atom is 0.0149 e. The Morgan fingerprint density at radius 1 is 0.696 bits per heavy atom. The molecule has 0 N–H and O–H groups in total. The number of benzene rings is 3. The number of aryl methyl sites for hydroxylation is 1. The Kier molecular flexibility index (Phi) is 4.34. The topological polar surface area (TPSA) is 0 Å². The van der Waals surface area contributed by atoms with Crippen LogP contribution in [0.1, 0.15) is 41.7 Å². The highest BCUT2D eigenvalue weighted by atomic mass is 14.3. The van der Waals surface area contributed by atoms with Crippen molar-refractivity contribution in [2.45, 2.75) is 32.6 Å². The van der Waals surface area contributed by atoms with E-state index in [0.29, 0.717) is 0 Å². The number of hydrogen-bond donors (Lipinski definition) is 0. The molecule has 3 aromatic rings. The molecule has 0 aliphatic carbocycles. The lowest BCUT2D eigenvalue weighted by Gasteiger charge is -2.28. The largest absolute Gasteiger partial charge is 0.0622 e. The maximum absolute atomic E-state index is 2.38. The van der Waals surface area contributed by atoms with Gasteiger partial charge in [0.15, 0.2) is 0 Å². The molecule has 0 aliphatic heterocycles. The number of rotatable bonds is 4. The van der Waals surface area contributed by atoms with E-state index in [1.807, 2.05) is 0 Å². The molecule has 0 heteroatoms. The molecule has 0 spiro atoms. The Labute approximate surface area is 139 Å². The molecule has 0 radical (unpaired) electrons. The molecule has 0 aliphatic rings. The van der Waals surface area contributed by atoms with Crippen LogP contribution in [0.4, 0.5) is 0 Å². The minimum atomic E-state index is 0.0119. The summed E-state index contributed by atoms with van der Waals surface area (Å²) in [6.45, 7) is 6.85. The first kappa shape index (κ1) is 15.6. The standard InChI is InChI=1S/C23H24/c1-18-14-15-20(16-19-10-6-4-7-11-19)17-22(18)23(2,3)21-12-8-5-9-13-21/h4-15,17H,16H2,1-3H3. The highest BCUT2D eigenvalue weighted by molar-refractivity contribution is 5.44. The highest BCUT2D eigenvalue weighted by Gasteiger charge is 2.24. The highest BCUT2D eigenvalue weighted by Crippen LogP contribution is 2.34. The van der Waals surface area contributed by atoms with E-state index in [-0.39, 0.29) is 5.41 Å². The van der Waals surface area contributed by atoms with Crippen molar-refractivity contribution in [3.63, 3.8) is 0 Å². The van der Waals surface area contributed by atoms with Crippen LogP contribution < -0.4 is 0 Å². The minimum Gasteiger partial charge on any atom is -0.0622 e. The van der Waals surface area contributed by atoms with E-state index < -0.39 is 0 Å². The second kappa shape index (κ2) is 6.42. The molecule has 0 fully saturated rings. The molecule has 3 rings (SSSR count). The van der Waals surface area contributed by atoms with E-state index in [4.69, 9.17) is 0 Å². The van der Waals surface area contributed by atoms with E-state index in [0.717, 1.165) is 6.42 Å². The number of hydrogen-bond acceptors (Lipinski definition) is 0. The summed E-state index contributed by atoms with van der Waals surface area (Å²) in [6, 6.07) is 28.4. The summed E-state index contributed by atoms with van der Waals surface area (Å²) in [5.74, 6) is 0. The van der Waals surface area contributed by atoms with Gasteiger partial charge in [-0.3, -0.25) is 0 Å². The van der Waals surface area contributed by atoms with Gasteiger partial charge in [0.1, 0.15) is 0 Å². The SMILES string of the molecule is Cc1ccc(Cc2ccccc2)cc1C(C)(C)c1ccccc1. The van der Waals surface area contributed by atoms with Crippen LogP contribution in [0.2, 0.25) is 0 Å². The van der Waals surface area contributed by atoms with E-state index in [1.165, 1.54) is 27.8 Å². The second-order valence-corrected chi connectivity index (χ2v) is 6.80. The zero-order chi connectivity index (χ0) is 16.3. The molecular formula is C23H24. The molecule has 3 aromatic carbocycles. The van der Waals surface area contributed by atoms with Crippen LogP contribution in [0, 0.1) is 6.92 Å². The van der Waals surface area contributed by atoms with Crippen molar-refractivity contribution in [1.29, 1.82) is 0 Å². The summed E-state index contributed by atoms with van der Waals surface area (Å²) in [5.41, 5.74) is 6.88. The zero-order valence-electron chi connectivity index (χ0n) is 14.2. The Morgan fingerprint density at radius 2 is 1.30 bits per heavy atom. The normalized spacial score (nSPS) is 11.4. The van der Waals surface area contributed by atoms with Gasteiger partial charge in [0.05, 0.1) is 0 Å². The van der Waals surface area contributed by atoms with Gasteiger partial charge in [0.2, 0.25) is 0 Å². The molecule has 0 nitrogen and oxygen atoms in total. The summed E-state index contributed by atoms with van der Waals surface area (Å²) in [5, 5.41) is 0. The van der Waals surface area contributed by atoms with E-state index >= 15 is 0 Å². The molecular weight excluding hydrogens is 276 g/mol. The molecule has 0 amide bonds. The van der Waals surface area contributed by atoms with Crippen molar-refractivity contribution < 1.29 is 0 Å². The van der Waals surface area contributed by atoms with Crippen LogP contribution in [-0.4, -0.2) is 0 Å². The lowest BCUT2D eigenvalue weighted by molar-refractivity contribution is 0.635. The molecule has 0 atom stereocenters. The van der Waals surface area contributed by atoms with Crippen LogP contribution in [0.3, 0.4) is 0 Å². The predicted molar refractivity (Wildman–Crippen MR) is 99.0 cm³/mol. The van der Waals surface area contributed by atoms with Crippen LogP contribution in [0.25, 0.3) is 0 Å². The van der Waals surface area contributed by atoms with Gasteiger partial charge >= 0.3 is 0 Å². The third-order valence-electron chi connectivity index (χ3n) is 4.72. The Bertz CT molecular complexity index is 768. The fraction of sp³-hybridized carbons (Fsp3) is 0.217. The van der Waals surface area contributed by atoms with Gasteiger partial charge in [0.25, 0.3) is 0 Å². The summed E-state index contributed by atoms with van der Waals surface area (Å²) < 4.78 is 0. The minimum absolute atomic E-state index is 0.0119. The van der Waals surface area contributed by atoms with E-state index in [1.54, 1.807) is 0 Å². The molecule has 0 heterocycles. The third-order valence-corrected chi connectivity index (χ3v) is 4.72. The monoisotopic (exact) mass is 300 g/mol. The zero-order valence-corrected chi connectivity index (χ0v) is 14.2. The van der Waals surface area contributed by atoms with Crippen molar-refractivity contribution in [1.82, 2.24) is 0 Å². The average Bonchev–Trinajstić information content (AvgIpc) is 2.58. The first-order valence-corrected chi connectivity index (χ1v) is 8.27. The summed E-state index contributed by atoms with van der Waals surface area (Å²) >= 11 is 0. The van der Waals surface area contributed by atoms with Crippen molar-refractivity contribution in [3.8, 4) is 0 Å². The third kappa shape index (κ3) is 3.37. The van der Waals surface area contributed by atoms with Crippen molar-refractivity contribution >= 4 is 0 Å². The van der Waals surface area contributed by atoms with E-state index in [9.17, 15) is 0 Å². The van der Waals surface area contributed by atoms with Crippen LogP contribution in [0.5, 0.6) is 0 Å². The lowest BCUT2D eigenvalue weighted by atomic mass is 9.75. The second-order valence-electron chi connectivity index (χ2n) is 6.80. The average molecular weight is 300 g/mol. The van der Waals surface area contributed by atoms with Gasteiger partial charge in [-0.25, -0.2) is 0 Å².